The van der Waals surface area contributed by atoms with Gasteiger partial charge in [-0.25, -0.2) is 4.98 Å². The number of hydrogen-bond donors (Lipinski definition) is 0. The number of aromatic nitrogens is 2. The number of halogens is 3. The lowest BCUT2D eigenvalue weighted by Crippen LogP contribution is -1.84. The van der Waals surface area contributed by atoms with Crippen LogP contribution in [0.4, 0.5) is 0 Å². The van der Waals surface area contributed by atoms with Gasteiger partial charge in [0.25, 0.3) is 0 Å². The van der Waals surface area contributed by atoms with Crippen molar-refractivity contribution in [3.05, 3.63) is 57.5 Å². The molecule has 0 spiro atoms. The maximum absolute atomic E-state index is 6.24. The highest BCUT2D eigenvalue weighted by Crippen LogP contribution is 2.40. The van der Waals surface area contributed by atoms with Crippen LogP contribution in [0.15, 0.2) is 47.5 Å². The summed E-state index contributed by atoms with van der Waals surface area (Å²) in [6, 6.07) is 7.58. The molecule has 0 unspecified atom stereocenters. The largest absolute Gasteiger partial charge is 0.297 e. The minimum atomic E-state index is 0.638. The molecule has 1 aromatic carbocycles. The molecule has 3 rings (SSSR count). The van der Waals surface area contributed by atoms with Gasteiger partial charge in [-0.15, -0.1) is 11.3 Å². The second kappa shape index (κ2) is 5.29. The van der Waals surface area contributed by atoms with E-state index in [4.69, 9.17) is 23.2 Å². The lowest BCUT2D eigenvalue weighted by atomic mass is 10.2. The van der Waals surface area contributed by atoms with Crippen molar-refractivity contribution in [2.24, 2.45) is 0 Å². The summed E-state index contributed by atoms with van der Waals surface area (Å²) >= 11 is 17.4. The zero-order valence-electron chi connectivity index (χ0n) is 9.48. The van der Waals surface area contributed by atoms with Crippen molar-refractivity contribution in [3.63, 3.8) is 0 Å². The van der Waals surface area contributed by atoms with Crippen LogP contribution in [0, 0.1) is 0 Å². The van der Waals surface area contributed by atoms with E-state index in [-0.39, 0.29) is 0 Å². The zero-order valence-corrected chi connectivity index (χ0v) is 13.4. The number of hydrogen-bond acceptors (Lipinski definition) is 2. The lowest BCUT2D eigenvalue weighted by molar-refractivity contribution is 1.08. The van der Waals surface area contributed by atoms with Crippen molar-refractivity contribution in [2.75, 3.05) is 0 Å². The fourth-order valence-corrected chi connectivity index (χ4v) is 4.17. The van der Waals surface area contributed by atoms with E-state index in [1.54, 1.807) is 29.9 Å². The number of imidazole rings is 1. The third-order valence-electron chi connectivity index (χ3n) is 2.60. The smallest absolute Gasteiger partial charge is 0.115 e. The van der Waals surface area contributed by atoms with E-state index in [0.717, 1.165) is 19.9 Å². The van der Waals surface area contributed by atoms with Crippen molar-refractivity contribution in [3.8, 4) is 15.4 Å². The molecular weight excluding hydrogens is 367 g/mol. The average molecular weight is 374 g/mol. The van der Waals surface area contributed by atoms with Crippen LogP contribution in [-0.2, 0) is 0 Å². The van der Waals surface area contributed by atoms with Crippen molar-refractivity contribution in [1.29, 1.82) is 0 Å². The molecule has 0 amide bonds. The maximum atomic E-state index is 6.24. The fourth-order valence-electron chi connectivity index (χ4n) is 1.74. The van der Waals surface area contributed by atoms with Crippen LogP contribution in [0.5, 0.6) is 0 Å². The quantitative estimate of drug-likeness (QED) is 0.565. The van der Waals surface area contributed by atoms with Crippen LogP contribution in [0.1, 0.15) is 0 Å². The van der Waals surface area contributed by atoms with Gasteiger partial charge in [0, 0.05) is 27.9 Å². The first-order valence-electron chi connectivity index (χ1n) is 5.38. The van der Waals surface area contributed by atoms with Crippen molar-refractivity contribution < 1.29 is 0 Å². The molecule has 0 aliphatic carbocycles. The van der Waals surface area contributed by atoms with Gasteiger partial charge in [-0.2, -0.15) is 0 Å². The Balaban J connectivity index is 2.10. The monoisotopic (exact) mass is 372 g/mol. The van der Waals surface area contributed by atoms with Crippen LogP contribution in [0.3, 0.4) is 0 Å². The first-order chi connectivity index (χ1) is 9.15. The lowest BCUT2D eigenvalue weighted by Gasteiger charge is -2.01. The molecule has 0 fully saturated rings. The van der Waals surface area contributed by atoms with E-state index < -0.39 is 0 Å². The van der Waals surface area contributed by atoms with Crippen molar-refractivity contribution >= 4 is 50.5 Å². The summed E-state index contributed by atoms with van der Waals surface area (Å²) in [5.41, 5.74) is 0.975. The van der Waals surface area contributed by atoms with Crippen LogP contribution in [0.25, 0.3) is 15.4 Å². The van der Waals surface area contributed by atoms with Crippen molar-refractivity contribution in [1.82, 2.24) is 9.55 Å². The second-order valence-electron chi connectivity index (χ2n) is 3.86. The SMILES string of the molecule is Clc1ccc(-c2cc(Br)c(-n3ccnc3)s2)c(Cl)c1. The molecule has 0 saturated heterocycles. The Bertz CT molecular complexity index is 722. The summed E-state index contributed by atoms with van der Waals surface area (Å²) in [7, 11) is 0. The molecular formula is C13H7BrCl2N2S. The molecule has 96 valence electrons. The van der Waals surface area contributed by atoms with Gasteiger partial charge in [-0.1, -0.05) is 29.3 Å². The molecule has 6 heteroatoms. The third kappa shape index (κ3) is 2.58. The molecule has 0 N–H and O–H groups in total. The molecule has 0 aliphatic heterocycles. The van der Waals surface area contributed by atoms with Crippen molar-refractivity contribution in [2.45, 2.75) is 0 Å². The number of benzene rings is 1. The van der Waals surface area contributed by atoms with E-state index in [2.05, 4.69) is 27.0 Å². The number of nitrogens with zero attached hydrogens (tertiary/aromatic N) is 2. The highest BCUT2D eigenvalue weighted by atomic mass is 79.9. The molecule has 0 bridgehead atoms. The Labute approximate surface area is 132 Å². The predicted octanol–water partition coefficient (Wildman–Crippen LogP) is 5.67. The van der Waals surface area contributed by atoms with E-state index in [0.29, 0.717) is 10.0 Å². The zero-order chi connectivity index (χ0) is 13.4. The summed E-state index contributed by atoms with van der Waals surface area (Å²) in [6.07, 6.45) is 5.43. The Morgan fingerprint density at radius 1 is 1.21 bits per heavy atom. The predicted molar refractivity (Wildman–Crippen MR) is 84.6 cm³/mol. The minimum absolute atomic E-state index is 0.638. The van der Waals surface area contributed by atoms with Crippen LogP contribution in [0.2, 0.25) is 10.0 Å². The van der Waals surface area contributed by atoms with E-state index in [1.807, 2.05) is 22.9 Å². The molecule has 2 nitrogen and oxygen atoms in total. The maximum Gasteiger partial charge on any atom is 0.115 e. The standard InChI is InChI=1S/C13H7BrCl2N2S/c14-10-6-12(9-2-1-8(15)5-11(9)16)19-13(10)18-4-3-17-7-18/h1-7H. The van der Waals surface area contributed by atoms with Crippen LogP contribution >= 0.6 is 50.5 Å². The number of thiophene rings is 1. The van der Waals surface area contributed by atoms with Gasteiger partial charge >= 0.3 is 0 Å². The van der Waals surface area contributed by atoms with Gasteiger partial charge in [-0.3, -0.25) is 4.57 Å². The fraction of sp³-hybridized carbons (Fsp3) is 0. The second-order valence-corrected chi connectivity index (χ2v) is 6.59. The topological polar surface area (TPSA) is 17.8 Å². The van der Waals surface area contributed by atoms with E-state index in [1.165, 1.54) is 0 Å². The molecule has 0 radical (unpaired) electrons. The van der Waals surface area contributed by atoms with Gasteiger partial charge in [0.05, 0.1) is 15.8 Å². The Morgan fingerprint density at radius 2 is 2.05 bits per heavy atom. The number of rotatable bonds is 2. The van der Waals surface area contributed by atoms with E-state index in [9.17, 15) is 0 Å². The molecule has 3 aromatic rings. The summed E-state index contributed by atoms with van der Waals surface area (Å²) in [6.45, 7) is 0. The minimum Gasteiger partial charge on any atom is -0.297 e. The van der Waals surface area contributed by atoms with Crippen LogP contribution < -0.4 is 0 Å². The van der Waals surface area contributed by atoms with Crippen LogP contribution in [-0.4, -0.2) is 9.55 Å². The molecule has 2 heterocycles. The Morgan fingerprint density at radius 3 is 2.74 bits per heavy atom. The first kappa shape index (κ1) is 13.2. The van der Waals surface area contributed by atoms with Gasteiger partial charge in [0.15, 0.2) is 0 Å². The first-order valence-corrected chi connectivity index (χ1v) is 7.75. The Kier molecular flexibility index (Phi) is 3.67. The molecule has 2 aromatic heterocycles. The van der Waals surface area contributed by atoms with Gasteiger partial charge < -0.3 is 0 Å². The van der Waals surface area contributed by atoms with Gasteiger partial charge in [-0.05, 0) is 34.1 Å². The summed E-state index contributed by atoms with van der Waals surface area (Å²) in [4.78, 5) is 5.14. The highest BCUT2D eigenvalue weighted by molar-refractivity contribution is 9.10. The summed E-state index contributed by atoms with van der Waals surface area (Å²) in [5.74, 6) is 0. The third-order valence-corrected chi connectivity index (χ3v) is 5.20. The average Bonchev–Trinajstić information content (AvgIpc) is 2.98. The van der Waals surface area contributed by atoms with Gasteiger partial charge in [0.1, 0.15) is 5.00 Å². The normalized spacial score (nSPS) is 10.9. The summed E-state index contributed by atoms with van der Waals surface area (Å²) in [5, 5.41) is 2.36. The summed E-state index contributed by atoms with van der Waals surface area (Å²) < 4.78 is 2.97. The van der Waals surface area contributed by atoms with Gasteiger partial charge in [0.2, 0.25) is 0 Å². The Hall–Kier alpha value is -0.810. The molecule has 19 heavy (non-hydrogen) atoms. The molecule has 0 aliphatic rings. The molecule has 0 atom stereocenters. The van der Waals surface area contributed by atoms with E-state index >= 15 is 0 Å². The highest BCUT2D eigenvalue weighted by Gasteiger charge is 2.12. The molecule has 0 saturated carbocycles.